The second-order valence-corrected chi connectivity index (χ2v) is 6.12. The summed E-state index contributed by atoms with van der Waals surface area (Å²) in [5.41, 5.74) is 2.61. The molecule has 1 aliphatic heterocycles. The number of phenols is 1. The molecule has 0 aromatic heterocycles. The van der Waals surface area contributed by atoms with Gasteiger partial charge in [-0.1, -0.05) is 36.4 Å². The smallest absolute Gasteiger partial charge is 0.257 e. The molecule has 1 aliphatic rings. The number of carbonyl (C=O) groups is 1. The summed E-state index contributed by atoms with van der Waals surface area (Å²) < 4.78 is 0. The average molecular weight is 310 g/mol. The highest BCUT2D eigenvalue weighted by Crippen LogP contribution is 2.22. The van der Waals surface area contributed by atoms with E-state index in [1.54, 1.807) is 6.07 Å². The van der Waals surface area contributed by atoms with Gasteiger partial charge in [0.2, 0.25) is 0 Å². The number of piperazine rings is 1. The van der Waals surface area contributed by atoms with Crippen molar-refractivity contribution in [2.75, 3.05) is 19.6 Å². The van der Waals surface area contributed by atoms with Crippen LogP contribution in [0.5, 0.6) is 5.75 Å². The lowest BCUT2D eigenvalue weighted by molar-refractivity contribution is 0.0706. The van der Waals surface area contributed by atoms with Crippen molar-refractivity contribution in [3.63, 3.8) is 0 Å². The van der Waals surface area contributed by atoms with Gasteiger partial charge in [0.15, 0.2) is 0 Å². The Bertz CT molecular complexity index is 685. The Hall–Kier alpha value is -2.33. The van der Waals surface area contributed by atoms with Crippen LogP contribution in [0.3, 0.4) is 0 Å². The maximum absolute atomic E-state index is 12.7. The van der Waals surface area contributed by atoms with E-state index >= 15 is 0 Å². The van der Waals surface area contributed by atoms with E-state index in [1.165, 1.54) is 5.56 Å². The van der Waals surface area contributed by atoms with E-state index in [9.17, 15) is 9.90 Å². The Balaban J connectivity index is 1.81. The van der Waals surface area contributed by atoms with Gasteiger partial charge in [-0.2, -0.15) is 0 Å². The predicted molar refractivity (Wildman–Crippen MR) is 90.7 cm³/mol. The van der Waals surface area contributed by atoms with Crippen LogP contribution in [0.25, 0.3) is 0 Å². The monoisotopic (exact) mass is 310 g/mol. The van der Waals surface area contributed by atoms with Crippen molar-refractivity contribution in [3.8, 4) is 5.75 Å². The van der Waals surface area contributed by atoms with E-state index in [-0.39, 0.29) is 17.7 Å². The van der Waals surface area contributed by atoms with E-state index in [4.69, 9.17) is 0 Å². The molecule has 0 unspecified atom stereocenters. The summed E-state index contributed by atoms with van der Waals surface area (Å²) in [5, 5.41) is 13.4. The third-order valence-corrected chi connectivity index (χ3v) is 4.20. The number of rotatable bonds is 3. The van der Waals surface area contributed by atoms with Crippen molar-refractivity contribution in [2.45, 2.75) is 19.4 Å². The summed E-state index contributed by atoms with van der Waals surface area (Å²) in [6.45, 7) is 4.19. The van der Waals surface area contributed by atoms with Crippen LogP contribution in [0, 0.1) is 0 Å². The summed E-state index contributed by atoms with van der Waals surface area (Å²) in [5.74, 6) is -0.0382. The van der Waals surface area contributed by atoms with Crippen LogP contribution < -0.4 is 5.32 Å². The van der Waals surface area contributed by atoms with Crippen LogP contribution >= 0.6 is 0 Å². The highest BCUT2D eigenvalue weighted by Gasteiger charge is 2.23. The largest absolute Gasteiger partial charge is 0.507 e. The normalized spacial score (nSPS) is 18.0. The first-order valence-corrected chi connectivity index (χ1v) is 8.02. The first-order chi connectivity index (χ1) is 11.1. The Morgan fingerprint density at radius 2 is 2.00 bits per heavy atom. The highest BCUT2D eigenvalue weighted by molar-refractivity contribution is 5.97. The maximum atomic E-state index is 12.7. The third-order valence-electron chi connectivity index (χ3n) is 4.20. The van der Waals surface area contributed by atoms with E-state index < -0.39 is 0 Å². The van der Waals surface area contributed by atoms with Gasteiger partial charge in [-0.3, -0.25) is 4.79 Å². The quantitative estimate of drug-likeness (QED) is 0.915. The van der Waals surface area contributed by atoms with Gasteiger partial charge in [0.05, 0.1) is 5.56 Å². The zero-order valence-electron chi connectivity index (χ0n) is 13.3. The van der Waals surface area contributed by atoms with Crippen LogP contribution in [0.4, 0.5) is 0 Å². The zero-order valence-corrected chi connectivity index (χ0v) is 13.3. The molecule has 1 heterocycles. The van der Waals surface area contributed by atoms with Gasteiger partial charge in [-0.25, -0.2) is 0 Å². The Morgan fingerprint density at radius 1 is 1.22 bits per heavy atom. The lowest BCUT2D eigenvalue weighted by atomic mass is 10.0. The minimum atomic E-state index is -0.0919. The van der Waals surface area contributed by atoms with Gasteiger partial charge in [0.1, 0.15) is 5.75 Å². The molecule has 1 atom stereocenters. The molecule has 1 fully saturated rings. The van der Waals surface area contributed by atoms with Gasteiger partial charge in [0, 0.05) is 25.7 Å². The lowest BCUT2D eigenvalue weighted by Gasteiger charge is -2.32. The molecule has 3 rings (SSSR count). The van der Waals surface area contributed by atoms with Gasteiger partial charge in [-0.15, -0.1) is 0 Å². The van der Waals surface area contributed by atoms with Gasteiger partial charge < -0.3 is 15.3 Å². The van der Waals surface area contributed by atoms with Crippen LogP contribution in [0.15, 0.2) is 48.5 Å². The molecule has 0 spiro atoms. The molecule has 4 nitrogen and oxygen atoms in total. The standard InChI is InChI=1S/C19H22N2O2/c1-14-13-21(10-9-20-14)19(23)17-12-16(7-8-18(17)22)11-15-5-3-2-4-6-15/h2-8,12,14,20,22H,9-11,13H2,1H3/t14-/m1/s1. The third kappa shape index (κ3) is 3.71. The lowest BCUT2D eigenvalue weighted by Crippen LogP contribution is -2.51. The number of hydrogen-bond donors (Lipinski definition) is 2. The topological polar surface area (TPSA) is 52.6 Å². The molecule has 1 saturated heterocycles. The van der Waals surface area contributed by atoms with Crippen molar-refractivity contribution in [1.82, 2.24) is 10.2 Å². The second kappa shape index (κ2) is 6.84. The highest BCUT2D eigenvalue weighted by atomic mass is 16.3. The molecule has 120 valence electrons. The molecule has 1 amide bonds. The molecule has 23 heavy (non-hydrogen) atoms. The molecule has 2 aromatic rings. The second-order valence-electron chi connectivity index (χ2n) is 6.12. The van der Waals surface area contributed by atoms with E-state index in [2.05, 4.69) is 24.4 Å². The Morgan fingerprint density at radius 3 is 2.74 bits per heavy atom. The number of aromatic hydroxyl groups is 1. The fourth-order valence-electron chi connectivity index (χ4n) is 2.98. The first kappa shape index (κ1) is 15.6. The number of phenolic OH excluding ortho intramolecular Hbond substituents is 1. The van der Waals surface area contributed by atoms with Crippen LogP contribution in [0.1, 0.15) is 28.4 Å². The van der Waals surface area contributed by atoms with Gasteiger partial charge >= 0.3 is 0 Å². The molecule has 0 aliphatic carbocycles. The van der Waals surface area contributed by atoms with Crippen molar-refractivity contribution in [1.29, 1.82) is 0 Å². The number of nitrogens with zero attached hydrogens (tertiary/aromatic N) is 1. The predicted octanol–water partition coefficient (Wildman–Crippen LogP) is 2.42. The van der Waals surface area contributed by atoms with Crippen molar-refractivity contribution < 1.29 is 9.90 Å². The summed E-state index contributed by atoms with van der Waals surface area (Å²) in [6, 6.07) is 15.7. The molecule has 0 saturated carbocycles. The fourth-order valence-corrected chi connectivity index (χ4v) is 2.98. The number of nitrogens with one attached hydrogen (secondary N) is 1. The van der Waals surface area contributed by atoms with Crippen LogP contribution in [-0.2, 0) is 6.42 Å². The molecule has 2 aromatic carbocycles. The zero-order chi connectivity index (χ0) is 16.2. The minimum absolute atomic E-state index is 0.0537. The van der Waals surface area contributed by atoms with E-state index in [0.717, 1.165) is 18.5 Å². The summed E-state index contributed by atoms with van der Waals surface area (Å²) in [7, 11) is 0. The Kier molecular flexibility index (Phi) is 4.63. The molecule has 4 heteroatoms. The first-order valence-electron chi connectivity index (χ1n) is 8.02. The summed E-state index contributed by atoms with van der Waals surface area (Å²) in [4.78, 5) is 14.5. The SMILES string of the molecule is C[C@@H]1CN(C(=O)c2cc(Cc3ccccc3)ccc2O)CCN1. The number of carbonyl (C=O) groups excluding carboxylic acids is 1. The summed E-state index contributed by atoms with van der Waals surface area (Å²) in [6.07, 6.45) is 0.749. The van der Waals surface area contributed by atoms with E-state index in [1.807, 2.05) is 35.2 Å². The molecule has 0 radical (unpaired) electrons. The Labute approximate surface area is 136 Å². The van der Waals surface area contributed by atoms with E-state index in [0.29, 0.717) is 18.7 Å². The molecular weight excluding hydrogens is 288 g/mol. The maximum Gasteiger partial charge on any atom is 0.257 e. The van der Waals surface area contributed by atoms with Crippen molar-refractivity contribution in [3.05, 3.63) is 65.2 Å². The summed E-state index contributed by atoms with van der Waals surface area (Å²) >= 11 is 0. The molecular formula is C19H22N2O2. The van der Waals surface area contributed by atoms with Crippen molar-refractivity contribution in [2.24, 2.45) is 0 Å². The fraction of sp³-hybridized carbons (Fsp3) is 0.316. The average Bonchev–Trinajstić information content (AvgIpc) is 2.57. The van der Waals surface area contributed by atoms with Crippen molar-refractivity contribution >= 4 is 5.91 Å². The van der Waals surface area contributed by atoms with Crippen LogP contribution in [-0.4, -0.2) is 41.6 Å². The number of hydrogen-bond acceptors (Lipinski definition) is 3. The molecule has 0 bridgehead atoms. The van der Waals surface area contributed by atoms with Gasteiger partial charge in [-0.05, 0) is 36.6 Å². The minimum Gasteiger partial charge on any atom is -0.507 e. The number of benzene rings is 2. The number of amides is 1. The molecule has 2 N–H and O–H groups in total. The van der Waals surface area contributed by atoms with Crippen LogP contribution in [0.2, 0.25) is 0 Å². The van der Waals surface area contributed by atoms with Gasteiger partial charge in [0.25, 0.3) is 5.91 Å².